The number of carbonyl (C=O) groups is 2. The number of nitrogens with one attached hydrogen (secondary N) is 1. The van der Waals surface area contributed by atoms with Crippen LogP contribution in [0.25, 0.3) is 0 Å². The molecule has 0 saturated carbocycles. The lowest BCUT2D eigenvalue weighted by Gasteiger charge is -2.13. The first-order valence-electron chi connectivity index (χ1n) is 5.69. The molecule has 1 rings (SSSR count). The van der Waals surface area contributed by atoms with Crippen molar-refractivity contribution >= 4 is 11.9 Å². The van der Waals surface area contributed by atoms with Crippen molar-refractivity contribution in [1.82, 2.24) is 5.32 Å². The van der Waals surface area contributed by atoms with Crippen molar-refractivity contribution in [2.75, 3.05) is 13.7 Å². The highest BCUT2D eigenvalue weighted by Crippen LogP contribution is 2.02. The number of ether oxygens (including phenoxy) is 1. The van der Waals surface area contributed by atoms with Crippen molar-refractivity contribution in [2.24, 2.45) is 0 Å². The Morgan fingerprint density at radius 3 is 2.56 bits per heavy atom. The van der Waals surface area contributed by atoms with E-state index in [0.29, 0.717) is 6.42 Å². The molecular formula is C13H17NO4. The summed E-state index contributed by atoms with van der Waals surface area (Å²) < 4.78 is 4.45. The molecule has 0 aliphatic rings. The van der Waals surface area contributed by atoms with Crippen molar-refractivity contribution < 1.29 is 19.4 Å². The number of amides is 1. The number of rotatable bonds is 6. The number of aryl methyl sites for hydroxylation is 1. The summed E-state index contributed by atoms with van der Waals surface area (Å²) in [6, 6.07) is 8.58. The van der Waals surface area contributed by atoms with Crippen LogP contribution in [0.4, 0.5) is 0 Å². The van der Waals surface area contributed by atoms with Crippen LogP contribution < -0.4 is 5.32 Å². The second-order valence-corrected chi connectivity index (χ2v) is 3.81. The van der Waals surface area contributed by atoms with Gasteiger partial charge in [-0.05, 0) is 12.0 Å². The van der Waals surface area contributed by atoms with Gasteiger partial charge in [0.1, 0.15) is 0 Å². The van der Waals surface area contributed by atoms with Gasteiger partial charge in [0, 0.05) is 6.42 Å². The fourth-order valence-corrected chi connectivity index (χ4v) is 1.49. The summed E-state index contributed by atoms with van der Waals surface area (Å²) in [6.45, 7) is -0.469. The van der Waals surface area contributed by atoms with Crippen molar-refractivity contribution in [1.29, 1.82) is 0 Å². The molecule has 0 bridgehead atoms. The third-order valence-electron chi connectivity index (χ3n) is 2.49. The lowest BCUT2D eigenvalue weighted by molar-refractivity contribution is -0.146. The number of aliphatic hydroxyl groups is 1. The van der Waals surface area contributed by atoms with Gasteiger partial charge < -0.3 is 15.2 Å². The highest BCUT2D eigenvalue weighted by Gasteiger charge is 2.19. The number of benzene rings is 1. The molecule has 0 aromatic heterocycles. The van der Waals surface area contributed by atoms with E-state index in [0.717, 1.165) is 5.56 Å². The van der Waals surface area contributed by atoms with E-state index in [-0.39, 0.29) is 12.3 Å². The van der Waals surface area contributed by atoms with Gasteiger partial charge in [0.25, 0.3) is 0 Å². The SMILES string of the molecule is COC(=O)[C@@H](CO)NC(=O)CCc1ccccc1. The van der Waals surface area contributed by atoms with Crippen molar-refractivity contribution in [3.8, 4) is 0 Å². The number of aliphatic hydroxyl groups excluding tert-OH is 1. The molecule has 2 N–H and O–H groups in total. The van der Waals surface area contributed by atoms with Gasteiger partial charge in [-0.15, -0.1) is 0 Å². The minimum atomic E-state index is -0.988. The molecule has 1 amide bonds. The number of carbonyl (C=O) groups excluding carboxylic acids is 2. The highest BCUT2D eigenvalue weighted by atomic mass is 16.5. The molecule has 0 saturated heterocycles. The van der Waals surface area contributed by atoms with Crippen LogP contribution in [0, 0.1) is 0 Å². The number of methoxy groups -OCH3 is 1. The second-order valence-electron chi connectivity index (χ2n) is 3.81. The van der Waals surface area contributed by atoms with Gasteiger partial charge >= 0.3 is 5.97 Å². The molecule has 5 nitrogen and oxygen atoms in total. The van der Waals surface area contributed by atoms with Crippen LogP contribution in [0.1, 0.15) is 12.0 Å². The minimum Gasteiger partial charge on any atom is -0.467 e. The van der Waals surface area contributed by atoms with Crippen LogP contribution in [0.15, 0.2) is 30.3 Å². The molecule has 0 aliphatic carbocycles. The Balaban J connectivity index is 2.39. The average Bonchev–Trinajstić information content (AvgIpc) is 2.42. The fraction of sp³-hybridized carbons (Fsp3) is 0.385. The van der Waals surface area contributed by atoms with Gasteiger partial charge in [0.05, 0.1) is 13.7 Å². The number of hydrogen-bond acceptors (Lipinski definition) is 4. The molecule has 1 aromatic rings. The molecule has 0 aliphatic heterocycles. The van der Waals surface area contributed by atoms with E-state index in [1.165, 1.54) is 7.11 Å². The predicted octanol–water partition coefficient (Wildman–Crippen LogP) is 0.269. The molecule has 1 atom stereocenters. The third-order valence-corrected chi connectivity index (χ3v) is 2.49. The van der Waals surface area contributed by atoms with Gasteiger partial charge in [0.2, 0.25) is 5.91 Å². The molecule has 0 unspecified atom stereocenters. The Hall–Kier alpha value is -1.88. The van der Waals surface area contributed by atoms with Crippen LogP contribution >= 0.6 is 0 Å². The summed E-state index contributed by atoms with van der Waals surface area (Å²) in [5, 5.41) is 11.4. The monoisotopic (exact) mass is 251 g/mol. The van der Waals surface area contributed by atoms with Gasteiger partial charge in [-0.3, -0.25) is 4.79 Å². The fourth-order valence-electron chi connectivity index (χ4n) is 1.49. The summed E-state index contributed by atoms with van der Waals surface area (Å²) in [5.74, 6) is -0.936. The Morgan fingerprint density at radius 1 is 1.33 bits per heavy atom. The zero-order valence-corrected chi connectivity index (χ0v) is 10.3. The first-order valence-corrected chi connectivity index (χ1v) is 5.69. The largest absolute Gasteiger partial charge is 0.467 e. The minimum absolute atomic E-state index is 0.261. The summed E-state index contributed by atoms with van der Waals surface area (Å²) in [7, 11) is 1.21. The van der Waals surface area contributed by atoms with Crippen LogP contribution in [0.3, 0.4) is 0 Å². The summed E-state index contributed by atoms with van der Waals surface area (Å²) in [6.07, 6.45) is 0.851. The zero-order chi connectivity index (χ0) is 13.4. The maximum Gasteiger partial charge on any atom is 0.330 e. The first kappa shape index (κ1) is 14.2. The lowest BCUT2D eigenvalue weighted by Crippen LogP contribution is -2.44. The number of esters is 1. The molecule has 98 valence electrons. The normalized spacial score (nSPS) is 11.7. The van der Waals surface area contributed by atoms with E-state index >= 15 is 0 Å². The smallest absolute Gasteiger partial charge is 0.330 e. The summed E-state index contributed by atoms with van der Waals surface area (Å²) in [4.78, 5) is 22.7. The standard InChI is InChI=1S/C13H17NO4/c1-18-13(17)11(9-15)14-12(16)8-7-10-5-3-2-4-6-10/h2-6,11,15H,7-9H2,1H3,(H,14,16)/t11-/m1/s1. The molecular weight excluding hydrogens is 234 g/mol. The van der Waals surface area contributed by atoms with Crippen LogP contribution in [0.2, 0.25) is 0 Å². The van der Waals surface area contributed by atoms with Crippen LogP contribution in [-0.2, 0) is 20.7 Å². The van der Waals surface area contributed by atoms with E-state index < -0.39 is 18.6 Å². The van der Waals surface area contributed by atoms with E-state index in [9.17, 15) is 9.59 Å². The second kappa shape index (κ2) is 7.45. The van der Waals surface area contributed by atoms with Gasteiger partial charge in [0.15, 0.2) is 6.04 Å². The van der Waals surface area contributed by atoms with E-state index in [1.54, 1.807) is 0 Å². The maximum absolute atomic E-state index is 11.6. The van der Waals surface area contributed by atoms with Gasteiger partial charge in [-0.1, -0.05) is 30.3 Å². The summed E-state index contributed by atoms with van der Waals surface area (Å²) >= 11 is 0. The summed E-state index contributed by atoms with van der Waals surface area (Å²) in [5.41, 5.74) is 1.05. The van der Waals surface area contributed by atoms with Crippen molar-refractivity contribution in [3.05, 3.63) is 35.9 Å². The maximum atomic E-state index is 11.6. The van der Waals surface area contributed by atoms with Crippen LogP contribution in [0.5, 0.6) is 0 Å². The predicted molar refractivity (Wildman–Crippen MR) is 65.8 cm³/mol. The van der Waals surface area contributed by atoms with Gasteiger partial charge in [-0.2, -0.15) is 0 Å². The number of hydrogen-bond donors (Lipinski definition) is 2. The Kier molecular flexibility index (Phi) is 5.87. The van der Waals surface area contributed by atoms with E-state index in [1.807, 2.05) is 30.3 Å². The molecule has 0 heterocycles. The first-order chi connectivity index (χ1) is 8.67. The van der Waals surface area contributed by atoms with E-state index in [4.69, 9.17) is 5.11 Å². The van der Waals surface area contributed by atoms with Crippen molar-refractivity contribution in [3.63, 3.8) is 0 Å². The average molecular weight is 251 g/mol. The van der Waals surface area contributed by atoms with E-state index in [2.05, 4.69) is 10.1 Å². The Labute approximate surface area is 106 Å². The zero-order valence-electron chi connectivity index (χ0n) is 10.3. The molecule has 0 radical (unpaired) electrons. The molecule has 18 heavy (non-hydrogen) atoms. The highest BCUT2D eigenvalue weighted by molar-refractivity contribution is 5.84. The molecule has 0 fully saturated rings. The lowest BCUT2D eigenvalue weighted by atomic mass is 10.1. The third kappa shape index (κ3) is 4.55. The van der Waals surface area contributed by atoms with Crippen molar-refractivity contribution in [2.45, 2.75) is 18.9 Å². The molecule has 5 heteroatoms. The molecule has 0 spiro atoms. The Bertz CT molecular complexity index is 391. The van der Waals surface area contributed by atoms with Crippen LogP contribution in [-0.4, -0.2) is 36.7 Å². The molecule has 1 aromatic carbocycles. The Morgan fingerprint density at radius 2 is 2.00 bits per heavy atom. The topological polar surface area (TPSA) is 75.6 Å². The van der Waals surface area contributed by atoms with Gasteiger partial charge in [-0.25, -0.2) is 4.79 Å². The quantitative estimate of drug-likeness (QED) is 0.712.